The minimum atomic E-state index is -1.31. The third kappa shape index (κ3) is 4.67. The molecular weight excluding hydrogens is 638 g/mol. The Hall–Kier alpha value is -6.54. The number of anilines is 1. The standard InChI is InChI=1S/C43H29N3O5/c1-22-23(2)36(15-13-29(22)26-10-6-7-11-26)46-42(50)32-20-27-18-30-31(19-28(27)21-33(32)43(46)51)39(48)37(38(30)47)40-44-35-14-12-25(17-34(35)41(49)45-40)16-24-8-4-3-5-9-24/h3-10,12-15,17-21,37H,11,16H2,1-2H3,(H,44,45,49). The number of amides is 2. The lowest BCUT2D eigenvalue weighted by Crippen LogP contribution is -2.30. The Morgan fingerprint density at radius 1 is 0.706 bits per heavy atom. The van der Waals surface area contributed by atoms with E-state index in [0.717, 1.165) is 34.2 Å². The van der Waals surface area contributed by atoms with E-state index in [1.54, 1.807) is 36.4 Å². The Balaban J connectivity index is 1.04. The Morgan fingerprint density at radius 3 is 2.02 bits per heavy atom. The number of Topliss-reactive ketones (excluding diaryl/α,β-unsaturated/α-hetero) is 2. The number of carbonyl (C=O) groups is 4. The predicted octanol–water partition coefficient (Wildman–Crippen LogP) is 7.59. The normalized spacial score (nSPS) is 15.4. The number of ketones is 2. The number of nitrogens with zero attached hydrogens (tertiary/aromatic N) is 2. The van der Waals surface area contributed by atoms with E-state index in [0.29, 0.717) is 33.8 Å². The van der Waals surface area contributed by atoms with Gasteiger partial charge in [0, 0.05) is 11.1 Å². The van der Waals surface area contributed by atoms with Crippen LogP contribution in [-0.2, 0) is 6.42 Å². The first-order chi connectivity index (χ1) is 24.7. The molecule has 6 aromatic rings. The number of benzene rings is 5. The molecule has 0 radical (unpaired) electrons. The van der Waals surface area contributed by atoms with Crippen molar-refractivity contribution in [2.45, 2.75) is 32.6 Å². The molecule has 2 heterocycles. The van der Waals surface area contributed by atoms with Crippen LogP contribution in [0.1, 0.15) is 87.4 Å². The van der Waals surface area contributed by atoms with Gasteiger partial charge >= 0.3 is 0 Å². The van der Waals surface area contributed by atoms with Gasteiger partial charge in [-0.3, -0.25) is 24.0 Å². The summed E-state index contributed by atoms with van der Waals surface area (Å²) in [6.45, 7) is 3.91. The van der Waals surface area contributed by atoms with E-state index in [9.17, 15) is 24.0 Å². The fraction of sp³-hybridized carbons (Fsp3) is 0.116. The molecule has 8 heteroatoms. The van der Waals surface area contributed by atoms with Crippen LogP contribution in [0.5, 0.6) is 0 Å². The zero-order valence-electron chi connectivity index (χ0n) is 27.7. The minimum Gasteiger partial charge on any atom is -0.309 e. The summed E-state index contributed by atoms with van der Waals surface area (Å²) in [5.41, 5.74) is 7.47. The molecule has 0 bridgehead atoms. The summed E-state index contributed by atoms with van der Waals surface area (Å²) in [4.78, 5) is 77.0. The highest BCUT2D eigenvalue weighted by molar-refractivity contribution is 6.36. The highest BCUT2D eigenvalue weighted by Gasteiger charge is 2.43. The van der Waals surface area contributed by atoms with Crippen LogP contribution in [0.15, 0.2) is 108 Å². The average Bonchev–Trinajstić information content (AvgIpc) is 3.81. The van der Waals surface area contributed by atoms with Crippen LogP contribution in [0, 0.1) is 13.8 Å². The van der Waals surface area contributed by atoms with Crippen molar-refractivity contribution in [2.24, 2.45) is 0 Å². The highest BCUT2D eigenvalue weighted by Crippen LogP contribution is 2.40. The lowest BCUT2D eigenvalue weighted by atomic mass is 9.95. The second-order valence-corrected chi connectivity index (χ2v) is 13.4. The van der Waals surface area contributed by atoms with Crippen LogP contribution in [0.4, 0.5) is 5.69 Å². The summed E-state index contributed by atoms with van der Waals surface area (Å²) >= 11 is 0. The molecule has 9 rings (SSSR count). The van der Waals surface area contributed by atoms with Crippen molar-refractivity contribution in [1.82, 2.24) is 9.97 Å². The molecule has 2 amide bonds. The van der Waals surface area contributed by atoms with Crippen LogP contribution >= 0.6 is 0 Å². The number of aromatic amines is 1. The van der Waals surface area contributed by atoms with Gasteiger partial charge in [0.1, 0.15) is 11.7 Å². The van der Waals surface area contributed by atoms with Gasteiger partial charge in [0.05, 0.1) is 27.7 Å². The molecule has 1 aromatic heterocycles. The van der Waals surface area contributed by atoms with Crippen LogP contribution in [0.2, 0.25) is 0 Å². The molecule has 0 spiro atoms. The van der Waals surface area contributed by atoms with Gasteiger partial charge in [-0.15, -0.1) is 0 Å². The molecule has 0 fully saturated rings. The van der Waals surface area contributed by atoms with E-state index in [-0.39, 0.29) is 28.1 Å². The number of rotatable bonds is 5. The monoisotopic (exact) mass is 667 g/mol. The van der Waals surface area contributed by atoms with Gasteiger partial charge in [-0.1, -0.05) is 60.7 Å². The lowest BCUT2D eigenvalue weighted by molar-refractivity contribution is 0.0880. The van der Waals surface area contributed by atoms with Gasteiger partial charge in [0.25, 0.3) is 17.4 Å². The number of hydrogen-bond acceptors (Lipinski definition) is 6. The highest BCUT2D eigenvalue weighted by atomic mass is 16.2. The number of carbonyl (C=O) groups excluding carboxylic acids is 4. The Labute approximate surface area is 291 Å². The molecule has 1 aliphatic heterocycles. The predicted molar refractivity (Wildman–Crippen MR) is 196 cm³/mol. The Kier molecular flexibility index (Phi) is 6.73. The van der Waals surface area contributed by atoms with Gasteiger partial charge in [0.2, 0.25) is 0 Å². The molecule has 0 unspecified atom stereocenters. The van der Waals surface area contributed by atoms with E-state index in [1.807, 2.05) is 68.5 Å². The van der Waals surface area contributed by atoms with E-state index < -0.39 is 34.9 Å². The first kappa shape index (κ1) is 30.5. The lowest BCUT2D eigenvalue weighted by Gasteiger charge is -2.20. The number of hydrogen-bond donors (Lipinski definition) is 1. The fourth-order valence-electron chi connectivity index (χ4n) is 7.67. The van der Waals surface area contributed by atoms with E-state index in [2.05, 4.69) is 22.1 Å². The van der Waals surface area contributed by atoms with Gasteiger partial charge in [-0.25, -0.2) is 9.88 Å². The Morgan fingerprint density at radius 2 is 1.37 bits per heavy atom. The average molecular weight is 668 g/mol. The number of H-pyrrole nitrogens is 1. The topological polar surface area (TPSA) is 117 Å². The van der Waals surface area contributed by atoms with Crippen LogP contribution in [-0.4, -0.2) is 33.3 Å². The fourth-order valence-corrected chi connectivity index (χ4v) is 7.67. The number of allylic oxidation sites excluding steroid dienone is 4. The second kappa shape index (κ2) is 11.2. The van der Waals surface area contributed by atoms with Crippen molar-refractivity contribution in [3.63, 3.8) is 0 Å². The van der Waals surface area contributed by atoms with Crippen LogP contribution in [0.3, 0.4) is 0 Å². The molecule has 51 heavy (non-hydrogen) atoms. The van der Waals surface area contributed by atoms with Crippen molar-refractivity contribution in [3.8, 4) is 0 Å². The van der Waals surface area contributed by atoms with Gasteiger partial charge < -0.3 is 4.98 Å². The number of nitrogens with one attached hydrogen (secondary N) is 1. The van der Waals surface area contributed by atoms with Gasteiger partial charge in [-0.05, 0) is 113 Å². The number of imide groups is 1. The first-order valence-electron chi connectivity index (χ1n) is 16.8. The van der Waals surface area contributed by atoms with E-state index in [4.69, 9.17) is 0 Å². The van der Waals surface area contributed by atoms with Gasteiger partial charge in [0.15, 0.2) is 11.6 Å². The van der Waals surface area contributed by atoms with Crippen molar-refractivity contribution >= 4 is 56.3 Å². The maximum absolute atomic E-state index is 13.8. The molecule has 0 atom stereocenters. The van der Waals surface area contributed by atoms with Crippen LogP contribution in [0.25, 0.3) is 27.2 Å². The maximum Gasteiger partial charge on any atom is 0.266 e. The molecule has 2 aliphatic carbocycles. The molecule has 246 valence electrons. The third-order valence-electron chi connectivity index (χ3n) is 10.5. The molecule has 8 nitrogen and oxygen atoms in total. The zero-order valence-corrected chi connectivity index (χ0v) is 27.7. The summed E-state index contributed by atoms with van der Waals surface area (Å²) < 4.78 is 0. The quantitative estimate of drug-likeness (QED) is 0.150. The Bertz CT molecular complexity index is 2640. The van der Waals surface area contributed by atoms with Crippen molar-refractivity contribution in [2.75, 3.05) is 4.90 Å². The first-order valence-corrected chi connectivity index (χ1v) is 16.8. The molecule has 1 N–H and O–H groups in total. The second-order valence-electron chi connectivity index (χ2n) is 13.4. The summed E-state index contributed by atoms with van der Waals surface area (Å²) in [5.74, 6) is -3.18. The maximum atomic E-state index is 13.8. The number of aromatic nitrogens is 2. The van der Waals surface area contributed by atoms with E-state index >= 15 is 0 Å². The summed E-state index contributed by atoms with van der Waals surface area (Å²) in [7, 11) is 0. The number of fused-ring (bicyclic) bond motifs is 4. The summed E-state index contributed by atoms with van der Waals surface area (Å²) in [5, 5.41) is 1.47. The molecule has 5 aromatic carbocycles. The minimum absolute atomic E-state index is 0.0146. The van der Waals surface area contributed by atoms with E-state index in [1.165, 1.54) is 10.5 Å². The van der Waals surface area contributed by atoms with Crippen LogP contribution < -0.4 is 10.5 Å². The SMILES string of the molecule is Cc1c(C2=CC=CC2)ccc(N2C(=O)c3cc4cc5c(cc4cc3C2=O)C(=O)C(c2nc3ccc(Cc4ccccc4)cc3c(=O)[nH]2)C5=O)c1C. The third-order valence-corrected chi connectivity index (χ3v) is 10.5. The van der Waals surface area contributed by atoms with Crippen molar-refractivity contribution in [1.29, 1.82) is 0 Å². The molecular formula is C43H29N3O5. The summed E-state index contributed by atoms with van der Waals surface area (Å²) in [6, 6.07) is 25.5. The van der Waals surface area contributed by atoms with Gasteiger partial charge in [-0.2, -0.15) is 0 Å². The summed E-state index contributed by atoms with van der Waals surface area (Å²) in [6.07, 6.45) is 7.66. The zero-order chi connectivity index (χ0) is 35.1. The molecule has 3 aliphatic rings. The largest absolute Gasteiger partial charge is 0.309 e. The van der Waals surface area contributed by atoms with Crippen molar-refractivity contribution < 1.29 is 19.2 Å². The molecule has 0 saturated heterocycles. The molecule has 0 saturated carbocycles. The smallest absolute Gasteiger partial charge is 0.266 e. The van der Waals surface area contributed by atoms with Crippen molar-refractivity contribution in [3.05, 3.63) is 169 Å².